The number of ether oxygens (including phenoxy) is 1. The van der Waals surface area contributed by atoms with Gasteiger partial charge in [0.15, 0.2) is 5.54 Å². The van der Waals surface area contributed by atoms with Gasteiger partial charge in [0, 0.05) is 32.2 Å². The molecule has 3 aliphatic heterocycles. The zero-order chi connectivity index (χ0) is 25.1. The summed E-state index contributed by atoms with van der Waals surface area (Å²) in [5, 5.41) is 12.8. The number of hydrogen-bond acceptors (Lipinski definition) is 9. The maximum Gasteiger partial charge on any atom is 0.152 e. The average Bonchev–Trinajstić information content (AvgIpc) is 3.82. The van der Waals surface area contributed by atoms with Gasteiger partial charge in [-0.05, 0) is 68.5 Å². The Hall–Kier alpha value is -3.11. The van der Waals surface area contributed by atoms with E-state index >= 15 is 0 Å². The van der Waals surface area contributed by atoms with Crippen LogP contribution in [0.5, 0.6) is 0 Å². The van der Waals surface area contributed by atoms with Crippen molar-refractivity contribution in [3.63, 3.8) is 0 Å². The van der Waals surface area contributed by atoms with E-state index in [0.29, 0.717) is 19.3 Å². The molecule has 0 radical (unpaired) electrons. The topological polar surface area (TPSA) is 97.1 Å². The van der Waals surface area contributed by atoms with E-state index in [9.17, 15) is 0 Å². The van der Waals surface area contributed by atoms with E-state index in [1.165, 1.54) is 44.3 Å². The fourth-order valence-corrected chi connectivity index (χ4v) is 6.38. The molecule has 6 heterocycles. The lowest BCUT2D eigenvalue weighted by Gasteiger charge is -2.40. The minimum atomic E-state index is -0.443. The quantitative estimate of drug-likeness (QED) is 0.487. The molecule has 0 bridgehead atoms. The summed E-state index contributed by atoms with van der Waals surface area (Å²) >= 11 is 0. The van der Waals surface area contributed by atoms with Crippen LogP contribution >= 0.6 is 0 Å². The maximum atomic E-state index is 5.69. The molecule has 0 amide bonds. The summed E-state index contributed by atoms with van der Waals surface area (Å²) in [4.78, 5) is 19.1. The van der Waals surface area contributed by atoms with Crippen molar-refractivity contribution in [1.82, 2.24) is 35.3 Å². The Bertz CT molecular complexity index is 1290. The minimum Gasteiger partial charge on any atom is -0.375 e. The normalized spacial score (nSPS) is 27.7. The van der Waals surface area contributed by atoms with Crippen LogP contribution in [0.4, 0.5) is 11.5 Å². The summed E-state index contributed by atoms with van der Waals surface area (Å²) < 4.78 is 7.60. The van der Waals surface area contributed by atoms with Crippen molar-refractivity contribution in [2.24, 2.45) is 17.8 Å². The van der Waals surface area contributed by atoms with Gasteiger partial charge in [-0.1, -0.05) is 5.21 Å². The molecule has 2 saturated carbocycles. The fraction of sp³-hybridized carbons (Fsp3) is 0.607. The van der Waals surface area contributed by atoms with Gasteiger partial charge in [0.1, 0.15) is 17.2 Å². The van der Waals surface area contributed by atoms with Gasteiger partial charge in [-0.25, -0.2) is 9.67 Å². The van der Waals surface area contributed by atoms with Crippen molar-refractivity contribution in [2.45, 2.75) is 43.7 Å². The van der Waals surface area contributed by atoms with E-state index in [1.807, 2.05) is 23.3 Å². The Morgan fingerprint density at radius 2 is 1.87 bits per heavy atom. The van der Waals surface area contributed by atoms with Gasteiger partial charge >= 0.3 is 0 Å². The zero-order valence-corrected chi connectivity index (χ0v) is 21.7. The van der Waals surface area contributed by atoms with Crippen LogP contribution in [0.1, 0.15) is 37.8 Å². The number of aromatic nitrogens is 6. The third-order valence-electron chi connectivity index (χ3n) is 9.20. The van der Waals surface area contributed by atoms with E-state index in [0.717, 1.165) is 66.8 Å². The second-order valence-electron chi connectivity index (χ2n) is 12.0. The molecule has 198 valence electrons. The molecule has 0 aromatic carbocycles. The highest BCUT2D eigenvalue weighted by molar-refractivity contribution is 5.55. The van der Waals surface area contributed by atoms with Gasteiger partial charge in [-0.3, -0.25) is 9.97 Å². The molecule has 10 heteroatoms. The zero-order valence-electron chi connectivity index (χ0n) is 21.7. The van der Waals surface area contributed by atoms with Gasteiger partial charge in [0.05, 0.1) is 49.4 Å². The van der Waals surface area contributed by atoms with Crippen LogP contribution in [0, 0.1) is 17.8 Å². The second-order valence-corrected chi connectivity index (χ2v) is 12.0. The first-order valence-corrected chi connectivity index (χ1v) is 14.3. The fourth-order valence-electron chi connectivity index (χ4n) is 6.38. The largest absolute Gasteiger partial charge is 0.375 e. The summed E-state index contributed by atoms with van der Waals surface area (Å²) in [6, 6.07) is 4.92. The van der Waals surface area contributed by atoms with E-state index in [1.54, 1.807) is 6.20 Å². The Balaban J connectivity index is 0.988. The van der Waals surface area contributed by atoms with Crippen molar-refractivity contribution >= 4 is 11.5 Å². The van der Waals surface area contributed by atoms with Crippen molar-refractivity contribution in [3.05, 3.63) is 42.6 Å². The van der Waals surface area contributed by atoms with Crippen LogP contribution < -0.4 is 15.1 Å². The van der Waals surface area contributed by atoms with Gasteiger partial charge in [-0.2, -0.15) is 0 Å². The van der Waals surface area contributed by atoms with Gasteiger partial charge in [-0.15, -0.1) is 5.10 Å². The molecule has 8 rings (SSSR count). The predicted molar refractivity (Wildman–Crippen MR) is 143 cm³/mol. The molecule has 38 heavy (non-hydrogen) atoms. The van der Waals surface area contributed by atoms with Crippen LogP contribution in [0.15, 0.2) is 36.9 Å². The third-order valence-corrected chi connectivity index (χ3v) is 9.20. The first-order valence-electron chi connectivity index (χ1n) is 14.3. The molecular formula is C28H35N9O. The van der Waals surface area contributed by atoms with E-state index < -0.39 is 5.54 Å². The predicted octanol–water partition coefficient (Wildman–Crippen LogP) is 2.33. The van der Waals surface area contributed by atoms with E-state index in [2.05, 4.69) is 42.5 Å². The van der Waals surface area contributed by atoms with Gasteiger partial charge in [0.25, 0.3) is 0 Å². The molecule has 3 saturated heterocycles. The first kappa shape index (κ1) is 22.8. The van der Waals surface area contributed by atoms with Gasteiger partial charge in [0.2, 0.25) is 0 Å². The van der Waals surface area contributed by atoms with E-state index in [-0.39, 0.29) is 0 Å². The SMILES string of the molecule is c1cc(C2(n3cc(-c4cncc(N5CC6CC6C5)n4)nn3)COC2)ncc1N1CCC[C@@H](NCC2CC2)C1. The van der Waals surface area contributed by atoms with Crippen molar-refractivity contribution in [2.75, 3.05) is 55.7 Å². The monoisotopic (exact) mass is 513 g/mol. The number of pyridine rings is 1. The highest BCUT2D eigenvalue weighted by Gasteiger charge is 2.46. The number of nitrogens with one attached hydrogen (secondary N) is 1. The summed E-state index contributed by atoms with van der Waals surface area (Å²) in [5.41, 5.74) is 3.18. The second kappa shape index (κ2) is 8.98. The Morgan fingerprint density at radius 1 is 0.974 bits per heavy atom. The highest BCUT2D eigenvalue weighted by Crippen LogP contribution is 2.46. The van der Waals surface area contributed by atoms with Gasteiger partial charge < -0.3 is 19.9 Å². The Labute approximate surface area is 222 Å². The Morgan fingerprint density at radius 3 is 2.63 bits per heavy atom. The standard InChI is InChI=1S/C28H35N9O/c1-2-22(30-9-19-3-4-19)15-35(7-1)23-5-6-26(31-10-23)28(17-38-18-28)37-16-25(33-34-37)24-11-29-12-27(32-24)36-13-20-8-21(20)14-36/h5-6,10-12,16,19-22,30H,1-4,7-9,13-15,17-18H2/t20?,21?,22-/m1/s1. The lowest BCUT2D eigenvalue weighted by Crippen LogP contribution is -2.53. The number of piperidine rings is 2. The Kier molecular flexibility index (Phi) is 5.40. The summed E-state index contributed by atoms with van der Waals surface area (Å²) in [5.74, 6) is 3.54. The van der Waals surface area contributed by atoms with Crippen LogP contribution in [0.2, 0.25) is 0 Å². The molecule has 0 spiro atoms. The molecule has 1 N–H and O–H groups in total. The van der Waals surface area contributed by atoms with E-state index in [4.69, 9.17) is 14.7 Å². The smallest absolute Gasteiger partial charge is 0.152 e. The van der Waals surface area contributed by atoms with Crippen molar-refractivity contribution in [1.29, 1.82) is 0 Å². The average molecular weight is 514 g/mol. The number of nitrogens with zero attached hydrogens (tertiary/aromatic N) is 8. The first-order chi connectivity index (χ1) is 18.7. The van der Waals surface area contributed by atoms with Crippen LogP contribution in [0.25, 0.3) is 11.4 Å². The number of hydrogen-bond donors (Lipinski definition) is 1. The molecule has 10 nitrogen and oxygen atoms in total. The highest BCUT2D eigenvalue weighted by atomic mass is 16.5. The maximum absolute atomic E-state index is 5.69. The summed E-state index contributed by atoms with van der Waals surface area (Å²) in [6.45, 7) is 6.55. The molecular weight excluding hydrogens is 478 g/mol. The van der Waals surface area contributed by atoms with Crippen LogP contribution in [-0.4, -0.2) is 81.9 Å². The molecule has 5 fully saturated rings. The summed E-state index contributed by atoms with van der Waals surface area (Å²) in [6.07, 6.45) is 14.3. The third kappa shape index (κ3) is 4.14. The lowest BCUT2D eigenvalue weighted by molar-refractivity contribution is -0.0851. The molecule has 2 aliphatic carbocycles. The summed E-state index contributed by atoms with van der Waals surface area (Å²) in [7, 11) is 0. The number of rotatable bonds is 8. The minimum absolute atomic E-state index is 0.443. The number of fused-ring (bicyclic) bond motifs is 1. The molecule has 3 atom stereocenters. The molecule has 3 aromatic rings. The van der Waals surface area contributed by atoms with Crippen LogP contribution in [-0.2, 0) is 10.3 Å². The molecule has 5 aliphatic rings. The van der Waals surface area contributed by atoms with Crippen molar-refractivity contribution < 1.29 is 4.74 Å². The molecule has 3 aromatic heterocycles. The van der Waals surface area contributed by atoms with Crippen LogP contribution in [0.3, 0.4) is 0 Å². The lowest BCUT2D eigenvalue weighted by atomic mass is 9.92. The number of anilines is 2. The molecule has 2 unspecified atom stereocenters. The van der Waals surface area contributed by atoms with Crippen molar-refractivity contribution in [3.8, 4) is 11.4 Å².